The number of aliphatic hydroxyl groups is 2. The number of oxime groups is 1. The topological polar surface area (TPSA) is 134 Å². The van der Waals surface area contributed by atoms with Crippen molar-refractivity contribution in [1.82, 2.24) is 4.98 Å². The highest BCUT2D eigenvalue weighted by molar-refractivity contribution is 7.16. The summed E-state index contributed by atoms with van der Waals surface area (Å²) in [7, 11) is 0. The molecular weight excluding hydrogens is 480 g/mol. The molecule has 0 saturated heterocycles. The van der Waals surface area contributed by atoms with Crippen LogP contribution in [0.3, 0.4) is 0 Å². The molecule has 3 rings (SSSR count). The molecule has 194 valence electrons. The van der Waals surface area contributed by atoms with Crippen LogP contribution in [0.4, 0.5) is 5.13 Å². The Bertz CT molecular complexity index is 1080. The highest BCUT2D eigenvalue weighted by Gasteiger charge is 2.15. The number of aryl methyl sites for hydroxylation is 1. The summed E-state index contributed by atoms with van der Waals surface area (Å²) in [5, 5.41) is 31.0. The third kappa shape index (κ3) is 7.84. The number of anilines is 1. The second kappa shape index (κ2) is 14.3. The molecule has 0 saturated carbocycles. The van der Waals surface area contributed by atoms with Gasteiger partial charge in [0.05, 0.1) is 32.1 Å². The molecule has 0 amide bonds. The van der Waals surface area contributed by atoms with Crippen LogP contribution in [0.2, 0.25) is 0 Å². The number of aromatic nitrogens is 1. The Morgan fingerprint density at radius 2 is 1.47 bits per heavy atom. The average Bonchev–Trinajstić information content (AvgIpc) is 3.29. The Morgan fingerprint density at radius 3 is 2.00 bits per heavy atom. The predicted molar refractivity (Wildman–Crippen MR) is 142 cm³/mol. The van der Waals surface area contributed by atoms with Gasteiger partial charge in [0.25, 0.3) is 0 Å². The number of benzene rings is 2. The zero-order valence-electron chi connectivity index (χ0n) is 20.5. The molecule has 10 heteroatoms. The van der Waals surface area contributed by atoms with E-state index in [-0.39, 0.29) is 19.0 Å². The molecule has 0 atom stereocenters. The quantitative estimate of drug-likeness (QED) is 0.0794. The molecule has 0 unspecified atom stereocenters. The number of thiazole rings is 1. The number of amidine groups is 1. The van der Waals surface area contributed by atoms with Crippen LogP contribution in [0, 0.1) is 6.92 Å². The van der Waals surface area contributed by atoms with Crippen LogP contribution < -0.4 is 20.1 Å². The van der Waals surface area contributed by atoms with Crippen LogP contribution in [0.15, 0.2) is 53.7 Å². The van der Waals surface area contributed by atoms with Crippen LogP contribution in [0.25, 0.3) is 11.3 Å². The van der Waals surface area contributed by atoms with Gasteiger partial charge >= 0.3 is 0 Å². The first-order valence-corrected chi connectivity index (χ1v) is 12.8. The zero-order valence-corrected chi connectivity index (χ0v) is 21.3. The van der Waals surface area contributed by atoms with E-state index in [1.165, 1.54) is 0 Å². The van der Waals surface area contributed by atoms with Gasteiger partial charge in [0.2, 0.25) is 0 Å². The Labute approximate surface area is 215 Å². The van der Waals surface area contributed by atoms with Crippen molar-refractivity contribution in [2.75, 3.05) is 44.4 Å². The zero-order chi connectivity index (χ0) is 25.8. The van der Waals surface area contributed by atoms with Gasteiger partial charge in [-0.15, -0.1) is 11.3 Å². The van der Waals surface area contributed by atoms with E-state index < -0.39 is 0 Å². The van der Waals surface area contributed by atoms with Crippen molar-refractivity contribution in [3.8, 4) is 22.8 Å². The average molecular weight is 515 g/mol. The van der Waals surface area contributed by atoms with Gasteiger partial charge in [0.1, 0.15) is 11.5 Å². The largest absolute Gasteiger partial charge is 0.494 e. The van der Waals surface area contributed by atoms with E-state index in [1.54, 1.807) is 35.6 Å². The first kappa shape index (κ1) is 27.3. The lowest BCUT2D eigenvalue weighted by Crippen LogP contribution is -2.29. The lowest BCUT2D eigenvalue weighted by molar-refractivity contribution is 0.279. The van der Waals surface area contributed by atoms with Crippen LogP contribution >= 0.6 is 11.3 Å². The number of aliphatic hydroxyl groups excluding tert-OH is 2. The number of nitrogens with zero attached hydrogens (tertiary/aromatic N) is 3. The minimum atomic E-state index is 0.0129. The third-order valence-corrected chi connectivity index (χ3v) is 6.54. The summed E-state index contributed by atoms with van der Waals surface area (Å²) in [4.78, 5) is 7.71. The molecule has 0 aliphatic heterocycles. The summed E-state index contributed by atoms with van der Waals surface area (Å²) in [6, 6.07) is 15.0. The van der Waals surface area contributed by atoms with E-state index in [1.807, 2.05) is 36.1 Å². The number of rotatable bonds is 15. The summed E-state index contributed by atoms with van der Waals surface area (Å²) >= 11 is 1.56. The molecule has 0 radical (unpaired) electrons. The van der Waals surface area contributed by atoms with Crippen molar-refractivity contribution < 1.29 is 24.9 Å². The molecule has 0 aliphatic carbocycles. The maximum atomic E-state index is 9.28. The normalized spacial score (nSPS) is 11.5. The number of hydrogen-bond acceptors (Lipinski definition) is 9. The summed E-state index contributed by atoms with van der Waals surface area (Å²) in [5.41, 5.74) is 8.11. The van der Waals surface area contributed by atoms with Crippen molar-refractivity contribution in [2.24, 2.45) is 10.9 Å². The van der Waals surface area contributed by atoms with Crippen LogP contribution in [0.5, 0.6) is 11.5 Å². The SMILES string of the molecule is Cc1sc(N(CCO)CCO)nc1-c1ccc(OCCCCCOc2ccc(/C(N)=N/O)cc2)cc1. The minimum Gasteiger partial charge on any atom is -0.494 e. The summed E-state index contributed by atoms with van der Waals surface area (Å²) < 4.78 is 11.6. The number of hydrogen-bond donors (Lipinski definition) is 4. The number of unbranched alkanes of at least 4 members (excludes halogenated alkanes) is 2. The lowest BCUT2D eigenvalue weighted by Gasteiger charge is -2.19. The molecule has 9 nitrogen and oxygen atoms in total. The van der Waals surface area contributed by atoms with E-state index in [4.69, 9.17) is 25.4 Å². The molecular formula is C26H34N4O5S. The molecule has 5 N–H and O–H groups in total. The molecule has 0 spiro atoms. The van der Waals surface area contributed by atoms with Crippen LogP contribution in [0.1, 0.15) is 29.7 Å². The summed E-state index contributed by atoms with van der Waals surface area (Å²) in [6.45, 7) is 4.17. The molecule has 1 heterocycles. The highest BCUT2D eigenvalue weighted by Crippen LogP contribution is 2.33. The standard InChI is InChI=1S/C26H34N4O5S/c1-19-24(28-26(36-19)30(13-15-31)14-16-32)20-5-9-22(10-6-20)34-17-3-2-4-18-35-23-11-7-21(8-12-23)25(27)29-33/h5-12,31-33H,2-4,13-18H2,1H3,(H2,27,29). The maximum absolute atomic E-state index is 9.28. The first-order chi connectivity index (χ1) is 17.5. The monoisotopic (exact) mass is 514 g/mol. The van der Waals surface area contributed by atoms with E-state index in [0.29, 0.717) is 31.9 Å². The maximum Gasteiger partial charge on any atom is 0.186 e. The molecule has 36 heavy (non-hydrogen) atoms. The van der Waals surface area contributed by atoms with Crippen LogP contribution in [-0.4, -0.2) is 65.8 Å². The Morgan fingerprint density at radius 1 is 0.917 bits per heavy atom. The van der Waals surface area contributed by atoms with Gasteiger partial charge < -0.3 is 35.5 Å². The Hall–Kier alpha value is -3.34. The molecule has 3 aromatic rings. The van der Waals surface area contributed by atoms with Gasteiger partial charge in [-0.05, 0) is 74.7 Å². The Kier molecular flexibility index (Phi) is 10.8. The van der Waals surface area contributed by atoms with E-state index in [9.17, 15) is 10.2 Å². The van der Waals surface area contributed by atoms with Crippen molar-refractivity contribution in [1.29, 1.82) is 0 Å². The fourth-order valence-electron chi connectivity index (χ4n) is 3.58. The second-order valence-electron chi connectivity index (χ2n) is 8.13. The number of nitrogens with two attached hydrogens (primary N) is 1. The minimum absolute atomic E-state index is 0.0129. The molecule has 1 aromatic heterocycles. The van der Waals surface area contributed by atoms with E-state index in [0.717, 1.165) is 52.0 Å². The van der Waals surface area contributed by atoms with Gasteiger partial charge in [-0.1, -0.05) is 5.16 Å². The predicted octanol–water partition coefficient (Wildman–Crippen LogP) is 3.63. The van der Waals surface area contributed by atoms with Crippen molar-refractivity contribution in [3.63, 3.8) is 0 Å². The summed E-state index contributed by atoms with van der Waals surface area (Å²) in [5.74, 6) is 1.64. The van der Waals surface area contributed by atoms with E-state index in [2.05, 4.69) is 5.16 Å². The van der Waals surface area contributed by atoms with Gasteiger partial charge in [-0.3, -0.25) is 0 Å². The third-order valence-electron chi connectivity index (χ3n) is 5.51. The van der Waals surface area contributed by atoms with Crippen LogP contribution in [-0.2, 0) is 0 Å². The first-order valence-electron chi connectivity index (χ1n) is 11.9. The molecule has 0 aliphatic rings. The number of ether oxygens (including phenoxy) is 2. The second-order valence-corrected chi connectivity index (χ2v) is 9.31. The van der Waals surface area contributed by atoms with Crippen molar-refractivity contribution >= 4 is 22.3 Å². The fraction of sp³-hybridized carbons (Fsp3) is 0.385. The highest BCUT2D eigenvalue weighted by atomic mass is 32.1. The van der Waals surface area contributed by atoms with Gasteiger partial charge in [-0.2, -0.15) is 0 Å². The van der Waals surface area contributed by atoms with Gasteiger partial charge in [0.15, 0.2) is 11.0 Å². The summed E-state index contributed by atoms with van der Waals surface area (Å²) in [6.07, 6.45) is 2.83. The molecule has 0 fully saturated rings. The molecule has 0 bridgehead atoms. The molecule has 2 aromatic carbocycles. The Balaban J connectivity index is 1.39. The van der Waals surface area contributed by atoms with Gasteiger partial charge in [-0.25, -0.2) is 4.98 Å². The fourth-order valence-corrected chi connectivity index (χ4v) is 4.56. The van der Waals surface area contributed by atoms with Gasteiger partial charge in [0, 0.05) is 29.1 Å². The smallest absolute Gasteiger partial charge is 0.186 e. The van der Waals surface area contributed by atoms with E-state index >= 15 is 0 Å². The lowest BCUT2D eigenvalue weighted by atomic mass is 10.1. The van der Waals surface area contributed by atoms with Crippen molar-refractivity contribution in [3.05, 3.63) is 59.0 Å². The van der Waals surface area contributed by atoms with Crippen molar-refractivity contribution in [2.45, 2.75) is 26.2 Å².